The van der Waals surface area contributed by atoms with Crippen LogP contribution in [0, 0.1) is 0 Å². The molecule has 1 aromatic heterocycles. The molecule has 0 spiro atoms. The molecule has 3 aromatic rings. The highest BCUT2D eigenvalue weighted by Gasteiger charge is 2.21. The van der Waals surface area contributed by atoms with E-state index in [2.05, 4.69) is 58.6 Å². The van der Waals surface area contributed by atoms with Gasteiger partial charge in [-0.25, -0.2) is 15.0 Å². The molecule has 0 saturated carbocycles. The molecule has 0 unspecified atom stereocenters. The Morgan fingerprint density at radius 3 is 2.62 bits per heavy atom. The molecule has 1 aliphatic heterocycles. The highest BCUT2D eigenvalue weighted by Crippen LogP contribution is 2.42. The first-order valence-electron chi connectivity index (χ1n) is 8.87. The van der Waals surface area contributed by atoms with Gasteiger partial charge in [-0.1, -0.05) is 73.6 Å². The van der Waals surface area contributed by atoms with E-state index >= 15 is 0 Å². The van der Waals surface area contributed by atoms with Crippen LogP contribution in [0.3, 0.4) is 0 Å². The summed E-state index contributed by atoms with van der Waals surface area (Å²) in [6.07, 6.45) is 3.85. The molecule has 1 aliphatic rings. The number of nitrogens with zero attached hydrogens (tertiary/aromatic N) is 3. The van der Waals surface area contributed by atoms with Crippen LogP contribution in [0.2, 0.25) is 0 Å². The monoisotopic (exact) mass is 360 g/mol. The van der Waals surface area contributed by atoms with Crippen LogP contribution >= 0.6 is 11.8 Å². The first-order chi connectivity index (χ1) is 12.9. The molecule has 0 aliphatic carbocycles. The summed E-state index contributed by atoms with van der Waals surface area (Å²) < 4.78 is 0. The summed E-state index contributed by atoms with van der Waals surface area (Å²) in [6.45, 7) is 3.06. The number of anilines is 1. The van der Waals surface area contributed by atoms with Crippen molar-refractivity contribution in [2.75, 3.05) is 11.9 Å². The molecular weight excluding hydrogens is 340 g/mol. The van der Waals surface area contributed by atoms with Crippen molar-refractivity contribution in [3.63, 3.8) is 0 Å². The zero-order valence-corrected chi connectivity index (χ0v) is 15.5. The van der Waals surface area contributed by atoms with Crippen LogP contribution < -0.4 is 5.32 Å². The molecule has 5 heteroatoms. The molecular formula is C21H20N4S. The van der Waals surface area contributed by atoms with Gasteiger partial charge in [0, 0.05) is 22.6 Å². The minimum atomic E-state index is 0.803. The van der Waals surface area contributed by atoms with Crippen LogP contribution in [0.4, 0.5) is 11.5 Å². The number of hydrogen-bond acceptors (Lipinski definition) is 5. The quantitative estimate of drug-likeness (QED) is 0.386. The average Bonchev–Trinajstić information content (AvgIpc) is 2.86. The van der Waals surface area contributed by atoms with Crippen LogP contribution in [0.5, 0.6) is 0 Å². The third-order valence-corrected chi connectivity index (χ3v) is 5.30. The fraction of sp³-hybridized carbons (Fsp3) is 0.190. The number of unbranched alkanes of at least 4 members (excludes halogenated alkanes) is 1. The summed E-state index contributed by atoms with van der Waals surface area (Å²) >= 11 is 1.65. The predicted molar refractivity (Wildman–Crippen MR) is 108 cm³/mol. The second kappa shape index (κ2) is 7.70. The topological polar surface area (TPSA) is 50.2 Å². The number of hydrogen-bond donors (Lipinski definition) is 1. The lowest BCUT2D eigenvalue weighted by Crippen LogP contribution is -2.06. The molecule has 4 nitrogen and oxygen atoms in total. The van der Waals surface area contributed by atoms with Gasteiger partial charge in [0.05, 0.1) is 5.71 Å². The molecule has 4 rings (SSSR count). The Bertz CT molecular complexity index is 938. The van der Waals surface area contributed by atoms with Crippen molar-refractivity contribution in [3.8, 4) is 0 Å². The number of aromatic nitrogens is 2. The summed E-state index contributed by atoms with van der Waals surface area (Å²) in [4.78, 5) is 15.2. The Morgan fingerprint density at radius 2 is 1.77 bits per heavy atom. The van der Waals surface area contributed by atoms with Crippen molar-refractivity contribution in [2.45, 2.75) is 29.7 Å². The first kappa shape index (κ1) is 16.8. The molecule has 0 saturated heterocycles. The SMILES string of the molecule is CCCCNc1ncnc2c1N=C(c1ccccc1)c1ccccc1S2. The fourth-order valence-corrected chi connectivity index (χ4v) is 3.86. The lowest BCUT2D eigenvalue weighted by Gasteiger charge is -2.10. The second-order valence-electron chi connectivity index (χ2n) is 6.08. The van der Waals surface area contributed by atoms with Gasteiger partial charge in [0.2, 0.25) is 0 Å². The van der Waals surface area contributed by atoms with E-state index in [1.807, 2.05) is 18.2 Å². The van der Waals surface area contributed by atoms with Crippen molar-refractivity contribution >= 4 is 29.0 Å². The van der Waals surface area contributed by atoms with Crippen molar-refractivity contribution in [1.29, 1.82) is 0 Å². The van der Waals surface area contributed by atoms with Gasteiger partial charge in [-0.05, 0) is 12.5 Å². The van der Waals surface area contributed by atoms with Gasteiger partial charge in [-0.2, -0.15) is 0 Å². The molecule has 0 bridgehead atoms. The van der Waals surface area contributed by atoms with Crippen molar-refractivity contribution in [3.05, 3.63) is 72.1 Å². The summed E-state index contributed by atoms with van der Waals surface area (Å²) in [5, 5.41) is 4.32. The van der Waals surface area contributed by atoms with E-state index in [4.69, 9.17) is 4.99 Å². The van der Waals surface area contributed by atoms with Gasteiger partial charge in [-0.15, -0.1) is 0 Å². The van der Waals surface area contributed by atoms with Gasteiger partial charge in [-0.3, -0.25) is 0 Å². The summed E-state index contributed by atoms with van der Waals surface area (Å²) in [5.74, 6) is 0.803. The number of rotatable bonds is 5. The number of benzene rings is 2. The lowest BCUT2D eigenvalue weighted by molar-refractivity contribution is 0.829. The Hall–Kier alpha value is -2.66. The van der Waals surface area contributed by atoms with Crippen LogP contribution in [0.1, 0.15) is 30.9 Å². The van der Waals surface area contributed by atoms with Crippen LogP contribution in [-0.2, 0) is 0 Å². The zero-order valence-electron chi connectivity index (χ0n) is 14.6. The molecule has 130 valence electrons. The summed E-state index contributed by atoms with van der Waals surface area (Å²) in [5.41, 5.74) is 4.00. The minimum absolute atomic E-state index is 0.803. The number of aliphatic imine (C=N–C) groups is 1. The van der Waals surface area contributed by atoms with E-state index in [-0.39, 0.29) is 0 Å². The fourth-order valence-electron chi connectivity index (χ4n) is 2.89. The Morgan fingerprint density at radius 1 is 0.962 bits per heavy atom. The second-order valence-corrected chi connectivity index (χ2v) is 7.11. The first-order valence-corrected chi connectivity index (χ1v) is 9.68. The van der Waals surface area contributed by atoms with Crippen LogP contribution in [-0.4, -0.2) is 22.2 Å². The van der Waals surface area contributed by atoms with Gasteiger partial charge < -0.3 is 5.32 Å². The highest BCUT2D eigenvalue weighted by molar-refractivity contribution is 7.99. The molecule has 26 heavy (non-hydrogen) atoms. The number of nitrogens with one attached hydrogen (secondary N) is 1. The molecule has 2 heterocycles. The van der Waals surface area contributed by atoms with Gasteiger partial charge in [0.15, 0.2) is 5.82 Å². The normalized spacial score (nSPS) is 12.6. The molecule has 0 atom stereocenters. The molecule has 2 aromatic carbocycles. The van der Waals surface area contributed by atoms with E-state index in [1.165, 1.54) is 0 Å². The maximum absolute atomic E-state index is 5.04. The maximum atomic E-state index is 5.04. The van der Waals surface area contributed by atoms with Crippen molar-refractivity contribution < 1.29 is 0 Å². The van der Waals surface area contributed by atoms with E-state index in [0.717, 1.165) is 57.7 Å². The Labute approximate surface area is 157 Å². The number of fused-ring (bicyclic) bond motifs is 2. The van der Waals surface area contributed by atoms with Gasteiger partial charge >= 0.3 is 0 Å². The smallest absolute Gasteiger partial charge is 0.156 e. The Balaban J connectivity index is 1.87. The van der Waals surface area contributed by atoms with Crippen LogP contribution in [0.25, 0.3) is 0 Å². The van der Waals surface area contributed by atoms with Crippen molar-refractivity contribution in [2.24, 2.45) is 4.99 Å². The third kappa shape index (κ3) is 3.35. The van der Waals surface area contributed by atoms with E-state index in [9.17, 15) is 0 Å². The average molecular weight is 360 g/mol. The molecule has 0 fully saturated rings. The third-order valence-electron chi connectivity index (χ3n) is 4.23. The lowest BCUT2D eigenvalue weighted by atomic mass is 10.0. The van der Waals surface area contributed by atoms with E-state index in [1.54, 1.807) is 18.1 Å². The van der Waals surface area contributed by atoms with E-state index < -0.39 is 0 Å². The molecule has 1 N–H and O–H groups in total. The summed E-state index contributed by atoms with van der Waals surface area (Å²) in [7, 11) is 0. The maximum Gasteiger partial charge on any atom is 0.156 e. The highest BCUT2D eigenvalue weighted by atomic mass is 32.2. The minimum Gasteiger partial charge on any atom is -0.368 e. The zero-order chi connectivity index (χ0) is 17.8. The molecule has 0 amide bonds. The predicted octanol–water partition coefficient (Wildman–Crippen LogP) is 5.32. The largest absolute Gasteiger partial charge is 0.368 e. The van der Waals surface area contributed by atoms with Crippen molar-refractivity contribution in [1.82, 2.24) is 9.97 Å². The van der Waals surface area contributed by atoms with Crippen LogP contribution in [0.15, 0.2) is 75.8 Å². The Kier molecular flexibility index (Phi) is 4.97. The standard InChI is InChI=1S/C21H20N4S/c1-2-3-13-22-20-19-21(24-14-23-20)26-17-12-8-7-11-16(17)18(25-19)15-9-5-4-6-10-15/h4-12,14H,2-3,13H2,1H3,(H,22,23,24). The molecule has 0 radical (unpaired) electrons. The van der Waals surface area contributed by atoms with E-state index in [0.29, 0.717) is 0 Å². The van der Waals surface area contributed by atoms with Gasteiger partial charge in [0.25, 0.3) is 0 Å². The van der Waals surface area contributed by atoms with Gasteiger partial charge in [0.1, 0.15) is 17.0 Å². The summed E-state index contributed by atoms with van der Waals surface area (Å²) in [6, 6.07) is 18.7.